The molecule has 0 bridgehead atoms. The van der Waals surface area contributed by atoms with Crippen molar-refractivity contribution >= 4 is 45.1 Å². The molecule has 1 heterocycles. The number of benzene rings is 3. The maximum atomic E-state index is 13.5. The summed E-state index contributed by atoms with van der Waals surface area (Å²) in [6.07, 6.45) is 0. The van der Waals surface area contributed by atoms with Gasteiger partial charge in [-0.1, -0.05) is 23.7 Å². The first-order valence-corrected chi connectivity index (χ1v) is 10.5. The van der Waals surface area contributed by atoms with E-state index in [-0.39, 0.29) is 18.2 Å². The molecule has 1 aliphatic rings. The van der Waals surface area contributed by atoms with Gasteiger partial charge in [0.15, 0.2) is 11.0 Å². The molecule has 0 spiro atoms. The lowest BCUT2D eigenvalue weighted by molar-refractivity contribution is 0.108. The average molecular weight is 450 g/mol. The summed E-state index contributed by atoms with van der Waals surface area (Å²) in [7, 11) is -1.66. The summed E-state index contributed by atoms with van der Waals surface area (Å²) < 4.78 is 34.4. The maximum absolute atomic E-state index is 13.5. The molecule has 0 radical (unpaired) electrons. The first kappa shape index (κ1) is 19.9. The normalized spacial score (nSPS) is 16.7. The molecule has 29 heavy (non-hydrogen) atoms. The lowest BCUT2D eigenvalue weighted by Gasteiger charge is -2.37. The standard InChI is InChI=1S/C21H14Cl2FNO3S/c22-15-4-1-13(2-5-15)19-12-28-20-11-14(21(23)26)3-10-18(20)25(19)29(27)17-8-6-16(24)7-9-17/h1-11,19H,12H2. The van der Waals surface area contributed by atoms with Crippen LogP contribution in [0.25, 0.3) is 0 Å². The highest BCUT2D eigenvalue weighted by molar-refractivity contribution is 7.86. The van der Waals surface area contributed by atoms with Crippen molar-refractivity contribution in [1.29, 1.82) is 0 Å². The Hall–Kier alpha value is -2.41. The van der Waals surface area contributed by atoms with Crippen molar-refractivity contribution in [3.63, 3.8) is 0 Å². The fraction of sp³-hybridized carbons (Fsp3) is 0.0952. The summed E-state index contributed by atoms with van der Waals surface area (Å²) >= 11 is 11.6. The minimum absolute atomic E-state index is 0.196. The van der Waals surface area contributed by atoms with Crippen molar-refractivity contribution in [2.75, 3.05) is 10.9 Å². The summed E-state index contributed by atoms with van der Waals surface area (Å²) in [4.78, 5) is 11.9. The van der Waals surface area contributed by atoms with Gasteiger partial charge >= 0.3 is 0 Å². The van der Waals surface area contributed by atoms with E-state index in [1.165, 1.54) is 30.3 Å². The molecule has 4 rings (SSSR count). The van der Waals surface area contributed by atoms with E-state index in [1.54, 1.807) is 28.6 Å². The van der Waals surface area contributed by atoms with Crippen molar-refractivity contribution in [3.05, 3.63) is 88.7 Å². The second-order valence-electron chi connectivity index (χ2n) is 6.36. The molecule has 3 aromatic rings. The molecule has 148 valence electrons. The lowest BCUT2D eigenvalue weighted by Crippen LogP contribution is -2.38. The van der Waals surface area contributed by atoms with Gasteiger partial charge in [-0.3, -0.25) is 9.10 Å². The molecule has 0 saturated heterocycles. The van der Waals surface area contributed by atoms with Gasteiger partial charge < -0.3 is 4.74 Å². The molecule has 4 nitrogen and oxygen atoms in total. The number of rotatable bonds is 4. The Kier molecular flexibility index (Phi) is 5.58. The van der Waals surface area contributed by atoms with Crippen molar-refractivity contribution in [2.45, 2.75) is 10.9 Å². The fourth-order valence-electron chi connectivity index (χ4n) is 3.12. The summed E-state index contributed by atoms with van der Waals surface area (Å²) in [6.45, 7) is 0.196. The number of anilines is 1. The molecule has 2 unspecified atom stereocenters. The van der Waals surface area contributed by atoms with Crippen molar-refractivity contribution in [1.82, 2.24) is 0 Å². The van der Waals surface area contributed by atoms with E-state index >= 15 is 0 Å². The van der Waals surface area contributed by atoms with E-state index in [2.05, 4.69) is 0 Å². The Morgan fingerprint density at radius 1 is 1.07 bits per heavy atom. The van der Waals surface area contributed by atoms with E-state index in [0.717, 1.165) is 5.56 Å². The molecule has 3 aromatic carbocycles. The number of fused-ring (bicyclic) bond motifs is 1. The smallest absolute Gasteiger partial charge is 0.252 e. The molecular weight excluding hydrogens is 436 g/mol. The van der Waals surface area contributed by atoms with Gasteiger partial charge in [-0.2, -0.15) is 0 Å². The van der Waals surface area contributed by atoms with Gasteiger partial charge in [-0.15, -0.1) is 0 Å². The zero-order valence-electron chi connectivity index (χ0n) is 14.8. The molecule has 0 aliphatic carbocycles. The van der Waals surface area contributed by atoms with E-state index in [1.807, 2.05) is 12.1 Å². The van der Waals surface area contributed by atoms with Crippen LogP contribution in [-0.2, 0) is 11.0 Å². The second-order valence-corrected chi connectivity index (χ2v) is 8.51. The fourth-order valence-corrected chi connectivity index (χ4v) is 4.71. The first-order valence-electron chi connectivity index (χ1n) is 8.63. The van der Waals surface area contributed by atoms with Gasteiger partial charge in [0, 0.05) is 10.6 Å². The van der Waals surface area contributed by atoms with Gasteiger partial charge in [0.2, 0.25) is 0 Å². The zero-order chi connectivity index (χ0) is 20.5. The van der Waals surface area contributed by atoms with Gasteiger partial charge in [-0.25, -0.2) is 8.60 Å². The van der Waals surface area contributed by atoms with Crippen LogP contribution in [0.5, 0.6) is 5.75 Å². The topological polar surface area (TPSA) is 46.6 Å². The number of carbonyl (C=O) groups is 1. The molecular formula is C21H14Cl2FNO3S. The van der Waals surface area contributed by atoms with Gasteiger partial charge in [-0.05, 0) is 71.8 Å². The number of nitrogens with zero attached hydrogens (tertiary/aromatic N) is 1. The van der Waals surface area contributed by atoms with Crippen LogP contribution >= 0.6 is 23.2 Å². The highest BCUT2D eigenvalue weighted by Gasteiger charge is 2.34. The summed E-state index contributed by atoms with van der Waals surface area (Å²) in [5, 5.41) is -0.0233. The maximum Gasteiger partial charge on any atom is 0.252 e. The minimum atomic E-state index is -1.66. The third-order valence-electron chi connectivity index (χ3n) is 4.55. The van der Waals surface area contributed by atoms with E-state index in [0.29, 0.717) is 21.4 Å². The monoisotopic (exact) mass is 449 g/mol. The molecule has 0 saturated carbocycles. The highest BCUT2D eigenvalue weighted by atomic mass is 35.5. The number of hydrogen-bond acceptors (Lipinski definition) is 3. The van der Waals surface area contributed by atoms with E-state index in [9.17, 15) is 13.4 Å². The van der Waals surface area contributed by atoms with Gasteiger partial charge in [0.1, 0.15) is 24.2 Å². The molecule has 2 atom stereocenters. The van der Waals surface area contributed by atoms with E-state index < -0.39 is 22.0 Å². The third-order valence-corrected chi connectivity index (χ3v) is 6.51. The number of carbonyl (C=O) groups excluding carboxylic acids is 1. The molecule has 0 amide bonds. The highest BCUT2D eigenvalue weighted by Crippen LogP contribution is 2.42. The Bertz CT molecular complexity index is 1090. The second kappa shape index (κ2) is 8.14. The molecule has 8 heteroatoms. The molecule has 0 aromatic heterocycles. The third kappa shape index (κ3) is 4.01. The number of halogens is 3. The average Bonchev–Trinajstić information content (AvgIpc) is 2.73. The summed E-state index contributed by atoms with van der Waals surface area (Å²) in [5.41, 5.74) is 1.68. The van der Waals surface area contributed by atoms with Crippen molar-refractivity contribution in [3.8, 4) is 5.75 Å². The van der Waals surface area contributed by atoms with Crippen molar-refractivity contribution < 1.29 is 18.1 Å². The Morgan fingerprint density at radius 2 is 1.76 bits per heavy atom. The van der Waals surface area contributed by atoms with Gasteiger partial charge in [0.25, 0.3) is 5.24 Å². The quantitative estimate of drug-likeness (QED) is 0.492. The number of ether oxygens (including phenoxy) is 1. The van der Waals surface area contributed by atoms with Crippen LogP contribution in [0, 0.1) is 5.82 Å². The SMILES string of the molecule is O=C(Cl)c1ccc2c(c1)OCC(c1ccc(Cl)cc1)N2S(=O)c1ccc(F)cc1. The Balaban J connectivity index is 1.82. The van der Waals surface area contributed by atoms with Crippen LogP contribution in [0.3, 0.4) is 0 Å². The van der Waals surface area contributed by atoms with Crippen LogP contribution in [-0.4, -0.2) is 16.1 Å². The molecule has 0 N–H and O–H groups in total. The summed E-state index contributed by atoms with van der Waals surface area (Å²) in [6, 6.07) is 17.0. The van der Waals surface area contributed by atoms with Gasteiger partial charge in [0.05, 0.1) is 10.6 Å². The molecule has 0 fully saturated rings. The lowest BCUT2D eigenvalue weighted by atomic mass is 10.1. The minimum Gasteiger partial charge on any atom is -0.489 e. The largest absolute Gasteiger partial charge is 0.489 e. The van der Waals surface area contributed by atoms with Crippen LogP contribution in [0.4, 0.5) is 10.1 Å². The summed E-state index contributed by atoms with van der Waals surface area (Å²) in [5.74, 6) is -0.00943. The predicted octanol–water partition coefficient (Wildman–Crippen LogP) is 5.52. The Morgan fingerprint density at radius 3 is 2.41 bits per heavy atom. The van der Waals surface area contributed by atoms with Crippen LogP contribution in [0.1, 0.15) is 22.0 Å². The van der Waals surface area contributed by atoms with Crippen LogP contribution in [0.15, 0.2) is 71.6 Å². The first-order chi connectivity index (χ1) is 13.9. The van der Waals surface area contributed by atoms with Crippen LogP contribution in [0.2, 0.25) is 5.02 Å². The van der Waals surface area contributed by atoms with Crippen molar-refractivity contribution in [2.24, 2.45) is 0 Å². The molecule has 1 aliphatic heterocycles. The number of hydrogen-bond donors (Lipinski definition) is 0. The zero-order valence-corrected chi connectivity index (χ0v) is 17.2. The van der Waals surface area contributed by atoms with E-state index in [4.69, 9.17) is 27.9 Å². The Labute approximate surface area is 179 Å². The van der Waals surface area contributed by atoms with Crippen LogP contribution < -0.4 is 9.04 Å². The predicted molar refractivity (Wildman–Crippen MR) is 112 cm³/mol.